The van der Waals surface area contributed by atoms with Gasteiger partial charge >= 0.3 is 61.2 Å². The van der Waals surface area contributed by atoms with Crippen LogP contribution in [0.2, 0.25) is 0 Å². The van der Waals surface area contributed by atoms with E-state index in [1.165, 1.54) is 0 Å². The summed E-state index contributed by atoms with van der Waals surface area (Å²) in [7, 11) is 1.82. The van der Waals surface area contributed by atoms with Crippen LogP contribution in [-0.4, -0.2) is 11.9 Å². The molecule has 0 bridgehead atoms. The number of aromatic nitrogens is 1. The average molecular weight is 131 g/mol. The summed E-state index contributed by atoms with van der Waals surface area (Å²) in [5.41, 5.74) is 1.14. The summed E-state index contributed by atoms with van der Waals surface area (Å²) >= 11 is 0. The summed E-state index contributed by atoms with van der Waals surface area (Å²) < 4.78 is 0. The van der Waals surface area contributed by atoms with Crippen LogP contribution in [0, 0.1) is 0 Å². The minimum atomic E-state index is 1.00. The van der Waals surface area contributed by atoms with Crippen LogP contribution in [0.15, 0.2) is 30.7 Å². The Morgan fingerprint density at radius 3 is 3.20 bits per heavy atom. The SMILES string of the molecule is C=CCCc1cccbn1. The number of nitrogens with zero attached hydrogens (tertiary/aromatic N) is 1. The molecule has 0 aliphatic carbocycles. The van der Waals surface area contributed by atoms with Gasteiger partial charge in [-0.05, 0) is 0 Å². The molecule has 0 saturated heterocycles. The maximum atomic E-state index is 4.17. The zero-order valence-corrected chi connectivity index (χ0v) is 5.96. The molecule has 10 heavy (non-hydrogen) atoms. The van der Waals surface area contributed by atoms with Crippen molar-refractivity contribution in [2.24, 2.45) is 0 Å². The summed E-state index contributed by atoms with van der Waals surface area (Å²) in [6, 6.07) is 4.04. The molecule has 1 aromatic heterocycles. The summed E-state index contributed by atoms with van der Waals surface area (Å²) in [5, 5.41) is 0. The number of hydrogen-bond acceptors (Lipinski definition) is 1. The Labute approximate surface area is 62.0 Å². The fraction of sp³-hybridized carbons (Fsp3) is 0.250. The van der Waals surface area contributed by atoms with Gasteiger partial charge in [-0.3, -0.25) is 0 Å². The Balaban J connectivity index is 2.50. The molecule has 0 N–H and O–H groups in total. The second-order valence-electron chi connectivity index (χ2n) is 2.15. The summed E-state index contributed by atoms with van der Waals surface area (Å²) in [5.74, 6) is 1.93. The van der Waals surface area contributed by atoms with Gasteiger partial charge in [0.15, 0.2) is 0 Å². The first kappa shape index (κ1) is 7.20. The van der Waals surface area contributed by atoms with Gasteiger partial charge in [0.25, 0.3) is 0 Å². The van der Waals surface area contributed by atoms with Crippen LogP contribution in [0.3, 0.4) is 0 Å². The van der Waals surface area contributed by atoms with Crippen LogP contribution in [0.5, 0.6) is 0 Å². The van der Waals surface area contributed by atoms with Crippen molar-refractivity contribution in [1.82, 2.24) is 4.89 Å². The van der Waals surface area contributed by atoms with Crippen LogP contribution in [-0.2, 0) is 6.42 Å². The average Bonchev–Trinajstić information content (AvgIpc) is 2.03. The third-order valence-electron chi connectivity index (χ3n) is 1.33. The zero-order valence-electron chi connectivity index (χ0n) is 5.96. The molecule has 1 nitrogen and oxygen atoms in total. The van der Waals surface area contributed by atoms with Gasteiger partial charge in [-0.25, -0.2) is 0 Å². The molecule has 0 saturated carbocycles. The van der Waals surface area contributed by atoms with E-state index in [0.717, 1.165) is 18.5 Å². The number of aryl methyl sites for hydroxylation is 1. The molecule has 0 fully saturated rings. The molecule has 0 spiro atoms. The van der Waals surface area contributed by atoms with E-state index in [-0.39, 0.29) is 0 Å². The van der Waals surface area contributed by atoms with Crippen molar-refractivity contribution in [3.05, 3.63) is 36.4 Å². The second-order valence-corrected chi connectivity index (χ2v) is 2.15. The normalized spacial score (nSPS) is 8.80. The molecule has 0 aliphatic heterocycles. The van der Waals surface area contributed by atoms with Crippen molar-refractivity contribution in [2.75, 3.05) is 0 Å². The quantitative estimate of drug-likeness (QED) is 0.567. The van der Waals surface area contributed by atoms with Crippen molar-refractivity contribution in [3.8, 4) is 0 Å². The maximum absolute atomic E-state index is 4.17. The molecule has 0 aromatic carbocycles. The molecule has 0 unspecified atom stereocenters. The summed E-state index contributed by atoms with van der Waals surface area (Å²) in [6.45, 7) is 3.65. The Morgan fingerprint density at radius 1 is 1.70 bits per heavy atom. The van der Waals surface area contributed by atoms with Gasteiger partial charge in [0.2, 0.25) is 0 Å². The molecular weight excluding hydrogens is 121 g/mol. The van der Waals surface area contributed by atoms with Crippen molar-refractivity contribution >= 4 is 7.05 Å². The summed E-state index contributed by atoms with van der Waals surface area (Å²) in [6.07, 6.45) is 3.93. The molecule has 0 atom stereocenters. The van der Waals surface area contributed by atoms with E-state index in [4.69, 9.17) is 0 Å². The number of hydrogen-bond donors (Lipinski definition) is 0. The van der Waals surface area contributed by atoms with Crippen molar-refractivity contribution in [2.45, 2.75) is 12.8 Å². The third kappa shape index (κ3) is 2.13. The molecule has 2 heteroatoms. The molecule has 0 amide bonds. The van der Waals surface area contributed by atoms with E-state index >= 15 is 0 Å². The molecule has 0 aliphatic rings. The fourth-order valence-electron chi connectivity index (χ4n) is 0.796. The fourth-order valence-corrected chi connectivity index (χ4v) is 0.796. The van der Waals surface area contributed by atoms with Crippen LogP contribution in [0.1, 0.15) is 12.1 Å². The summed E-state index contributed by atoms with van der Waals surface area (Å²) in [4.78, 5) is 4.17. The first-order valence-corrected chi connectivity index (χ1v) is 3.44. The van der Waals surface area contributed by atoms with Gasteiger partial charge < -0.3 is 0 Å². The van der Waals surface area contributed by atoms with E-state index in [9.17, 15) is 0 Å². The van der Waals surface area contributed by atoms with Crippen LogP contribution in [0.4, 0.5) is 0 Å². The molecule has 0 radical (unpaired) electrons. The van der Waals surface area contributed by atoms with Crippen molar-refractivity contribution < 1.29 is 0 Å². The Hall–Kier alpha value is -0.915. The standard InChI is InChI=1S/C8H10BN/c1-2-3-5-8-6-4-7-9-10-8/h2,4,6-7H,1,3,5H2. The topological polar surface area (TPSA) is 12.9 Å². The van der Waals surface area contributed by atoms with E-state index in [1.807, 2.05) is 31.2 Å². The van der Waals surface area contributed by atoms with Gasteiger partial charge in [-0.1, -0.05) is 0 Å². The van der Waals surface area contributed by atoms with E-state index in [2.05, 4.69) is 11.5 Å². The van der Waals surface area contributed by atoms with Crippen LogP contribution in [0.25, 0.3) is 0 Å². The molecular formula is C8H10BN. The Bertz CT molecular complexity index is 196. The zero-order chi connectivity index (χ0) is 7.23. The first-order valence-electron chi connectivity index (χ1n) is 3.44. The van der Waals surface area contributed by atoms with Gasteiger partial charge in [0, 0.05) is 0 Å². The van der Waals surface area contributed by atoms with Crippen molar-refractivity contribution in [3.63, 3.8) is 0 Å². The second kappa shape index (κ2) is 3.99. The van der Waals surface area contributed by atoms with Gasteiger partial charge in [0.1, 0.15) is 0 Å². The van der Waals surface area contributed by atoms with Crippen LogP contribution < -0.4 is 0 Å². The number of rotatable bonds is 3. The van der Waals surface area contributed by atoms with E-state index in [0.29, 0.717) is 0 Å². The van der Waals surface area contributed by atoms with Gasteiger partial charge in [0.05, 0.1) is 0 Å². The van der Waals surface area contributed by atoms with E-state index in [1.54, 1.807) is 0 Å². The molecule has 1 rings (SSSR count). The van der Waals surface area contributed by atoms with Crippen LogP contribution >= 0.6 is 0 Å². The van der Waals surface area contributed by atoms with Gasteiger partial charge in [-0.2, -0.15) is 0 Å². The molecule has 50 valence electrons. The Morgan fingerprint density at radius 2 is 2.60 bits per heavy atom. The predicted molar refractivity (Wildman–Crippen MR) is 44.1 cm³/mol. The monoisotopic (exact) mass is 131 g/mol. The van der Waals surface area contributed by atoms with E-state index < -0.39 is 0 Å². The first-order chi connectivity index (χ1) is 4.93. The number of allylic oxidation sites excluding steroid dienone is 1. The predicted octanol–water partition coefficient (Wildman–Crippen LogP) is 1.54. The Kier molecular flexibility index (Phi) is 2.87. The molecule has 1 heterocycles. The van der Waals surface area contributed by atoms with Crippen molar-refractivity contribution in [1.29, 1.82) is 0 Å². The molecule has 1 aromatic rings. The minimum absolute atomic E-state index is 1.00. The third-order valence-corrected chi connectivity index (χ3v) is 1.33. The van der Waals surface area contributed by atoms with Gasteiger partial charge in [-0.15, -0.1) is 0 Å².